The number of nitrogens with one attached hydrogen (secondary N) is 2. The first-order valence-corrected chi connectivity index (χ1v) is 29.4. The fourth-order valence-corrected chi connectivity index (χ4v) is 16.2. The molecule has 9 atom stereocenters. The summed E-state index contributed by atoms with van der Waals surface area (Å²) in [6, 6.07) is 7.48. The maximum absolute atomic E-state index is 13.8. The zero-order valence-corrected chi connectivity index (χ0v) is 46.2. The Labute approximate surface area is 421 Å². The summed E-state index contributed by atoms with van der Waals surface area (Å²) < 4.78 is 10.7. The van der Waals surface area contributed by atoms with Crippen LogP contribution in [0.4, 0.5) is 9.59 Å². The number of alkyl carbamates (subject to hydrolysis) is 1. The van der Waals surface area contributed by atoms with Crippen LogP contribution in [0.2, 0.25) is 0 Å². The molecule has 5 rings (SSSR count). The van der Waals surface area contributed by atoms with E-state index in [0.29, 0.717) is 42.0 Å². The fraction of sp³-hybridized carbons (Fsp3) is 0.807. The van der Waals surface area contributed by atoms with Gasteiger partial charge in [-0.25, -0.2) is 9.59 Å². The van der Waals surface area contributed by atoms with Gasteiger partial charge in [0.25, 0.3) is 0 Å². The minimum absolute atomic E-state index is 0.168. The Morgan fingerprint density at radius 2 is 1.57 bits per heavy atom. The van der Waals surface area contributed by atoms with Gasteiger partial charge in [0, 0.05) is 41.6 Å². The number of unbranched alkanes of at least 4 members (excludes halogenated alkanes) is 4. The Bertz CT molecular complexity index is 1790. The number of allylic oxidation sites excluding steroid dienone is 2. The molecule has 386 valence electrons. The number of carbonyl (C=O) groups is 3. The normalized spacial score (nSPS) is 26.7. The first kappa shape index (κ1) is 56.4. The summed E-state index contributed by atoms with van der Waals surface area (Å²) in [4.78, 5) is 39.8. The number of fused-ring (bicyclic) bond motifs is 5. The van der Waals surface area contributed by atoms with Crippen LogP contribution in [0.5, 0.6) is 5.75 Å². The summed E-state index contributed by atoms with van der Waals surface area (Å²) >= 11 is 0. The van der Waals surface area contributed by atoms with Gasteiger partial charge in [0.05, 0.1) is 7.11 Å². The SMILES string of the molecule is CCC(CCC(C)[C@H]1CC[C@H]2[C@@H]3CC=C4C[C@@H](SSCCC(=O)N(CCCCCCCC(C)(C)NC(=O)OCc5ccc(OC)cc5)CCC(C)(C)NC(=O)O)CC[C@]4(C)[C@H]3CC[C@]12C)C(C)C. The lowest BCUT2D eigenvalue weighted by atomic mass is 9.47. The van der Waals surface area contributed by atoms with Gasteiger partial charge in [0.2, 0.25) is 5.91 Å². The summed E-state index contributed by atoms with van der Waals surface area (Å²) in [7, 11) is 5.53. The monoisotopic (exact) mass is 982 g/mol. The molecule has 68 heavy (non-hydrogen) atoms. The predicted molar refractivity (Wildman–Crippen MR) is 285 cm³/mol. The third kappa shape index (κ3) is 15.7. The smallest absolute Gasteiger partial charge is 0.407 e. The van der Waals surface area contributed by atoms with E-state index in [4.69, 9.17) is 9.47 Å². The highest BCUT2D eigenvalue weighted by Crippen LogP contribution is 2.68. The quantitative estimate of drug-likeness (QED) is 0.0453. The number of hydrogen-bond acceptors (Lipinski definition) is 7. The largest absolute Gasteiger partial charge is 0.497 e. The molecule has 0 spiro atoms. The Balaban J connectivity index is 1.03. The minimum Gasteiger partial charge on any atom is -0.497 e. The second kappa shape index (κ2) is 25.7. The van der Waals surface area contributed by atoms with E-state index >= 15 is 0 Å². The Kier molecular flexibility index (Phi) is 21.3. The first-order chi connectivity index (χ1) is 32.2. The fourth-order valence-electron chi connectivity index (χ4n) is 13.6. The van der Waals surface area contributed by atoms with E-state index < -0.39 is 17.7 Å². The number of amides is 3. The van der Waals surface area contributed by atoms with E-state index in [1.807, 2.05) is 78.4 Å². The maximum Gasteiger partial charge on any atom is 0.407 e. The van der Waals surface area contributed by atoms with Crippen LogP contribution in [0, 0.1) is 52.3 Å². The van der Waals surface area contributed by atoms with Crippen LogP contribution < -0.4 is 15.4 Å². The molecular formula is C57H95N3O6S2. The molecule has 0 radical (unpaired) electrons. The average molecular weight is 983 g/mol. The van der Waals surface area contributed by atoms with E-state index in [-0.39, 0.29) is 18.1 Å². The molecule has 0 saturated heterocycles. The Hall–Kier alpha value is -2.53. The topological polar surface area (TPSA) is 117 Å². The zero-order chi connectivity index (χ0) is 49.7. The van der Waals surface area contributed by atoms with Crippen molar-refractivity contribution in [3.63, 3.8) is 0 Å². The number of carboxylic acid groups (broad SMARTS) is 1. The number of nitrogens with zero attached hydrogens (tertiary/aromatic N) is 1. The standard InChI is InChI=1S/C57H95N3O6S2/c1-12-43(40(2)3)21-18-41(4)48-26-27-49-47-25-22-44-38-46(28-32-56(44,9)50(47)29-33-57(48,49)10)68-67-37-30-51(61)60(36-34-55(7,8)58-52(62)63)35-17-15-13-14-16-31-54(5,6)59-53(64)66-39-42-19-23-45(65-11)24-20-42/h19-20,22-24,40-41,43,46-50,58H,12-18,21,25-39H2,1-11H3,(H,59,64)(H,62,63)/t41?,43?,46-,47-,48+,49-,50-,56-,57+/m0/s1. The molecule has 3 saturated carbocycles. The van der Waals surface area contributed by atoms with Crippen LogP contribution in [0.1, 0.15) is 197 Å². The third-order valence-electron chi connectivity index (χ3n) is 17.9. The second-order valence-electron chi connectivity index (χ2n) is 23.9. The van der Waals surface area contributed by atoms with Crippen molar-refractivity contribution in [3.8, 4) is 5.75 Å². The van der Waals surface area contributed by atoms with E-state index in [9.17, 15) is 19.5 Å². The molecule has 3 N–H and O–H groups in total. The predicted octanol–water partition coefficient (Wildman–Crippen LogP) is 15.1. The van der Waals surface area contributed by atoms with E-state index in [0.717, 1.165) is 97.0 Å². The molecule has 0 heterocycles. The van der Waals surface area contributed by atoms with Crippen LogP contribution in [0.3, 0.4) is 0 Å². The molecular weight excluding hydrogens is 887 g/mol. The van der Waals surface area contributed by atoms with Crippen molar-refractivity contribution in [1.29, 1.82) is 0 Å². The molecule has 3 amide bonds. The highest BCUT2D eigenvalue weighted by atomic mass is 33.1. The first-order valence-electron chi connectivity index (χ1n) is 27.0. The second-order valence-corrected chi connectivity index (χ2v) is 26.7. The van der Waals surface area contributed by atoms with E-state index in [1.54, 1.807) is 12.7 Å². The Morgan fingerprint density at radius 3 is 2.26 bits per heavy atom. The molecule has 9 nitrogen and oxygen atoms in total. The summed E-state index contributed by atoms with van der Waals surface area (Å²) in [6.45, 7) is 24.4. The maximum atomic E-state index is 13.8. The van der Waals surface area contributed by atoms with Gasteiger partial charge in [-0.15, -0.1) is 0 Å². The molecule has 0 aromatic heterocycles. The highest BCUT2D eigenvalue weighted by molar-refractivity contribution is 8.76. The number of methoxy groups -OCH3 is 1. The van der Waals surface area contributed by atoms with Crippen molar-refractivity contribution in [2.75, 3.05) is 26.0 Å². The van der Waals surface area contributed by atoms with Gasteiger partial charge in [-0.2, -0.15) is 0 Å². The van der Waals surface area contributed by atoms with Crippen LogP contribution in [-0.2, 0) is 16.1 Å². The van der Waals surface area contributed by atoms with Gasteiger partial charge in [0.1, 0.15) is 12.4 Å². The molecule has 2 unspecified atom stereocenters. The molecule has 4 aliphatic carbocycles. The van der Waals surface area contributed by atoms with Crippen LogP contribution >= 0.6 is 21.6 Å². The number of benzene rings is 1. The van der Waals surface area contributed by atoms with Gasteiger partial charge in [-0.05, 0) is 175 Å². The zero-order valence-electron chi connectivity index (χ0n) is 44.5. The van der Waals surface area contributed by atoms with E-state index in [2.05, 4.69) is 58.3 Å². The highest BCUT2D eigenvalue weighted by Gasteiger charge is 2.59. The molecule has 11 heteroatoms. The molecule has 0 aliphatic heterocycles. The molecule has 1 aromatic rings. The van der Waals surface area contributed by atoms with Gasteiger partial charge >= 0.3 is 12.2 Å². The van der Waals surface area contributed by atoms with Crippen LogP contribution in [0.25, 0.3) is 0 Å². The van der Waals surface area contributed by atoms with Crippen molar-refractivity contribution < 1.29 is 29.0 Å². The Morgan fingerprint density at radius 1 is 0.868 bits per heavy atom. The molecule has 3 fully saturated rings. The minimum atomic E-state index is -1.04. The summed E-state index contributed by atoms with van der Waals surface area (Å²) in [6.07, 6.45) is 23.1. The lowest BCUT2D eigenvalue weighted by molar-refractivity contribution is -0.131. The van der Waals surface area contributed by atoms with Crippen molar-refractivity contribution in [2.45, 2.75) is 214 Å². The van der Waals surface area contributed by atoms with Crippen molar-refractivity contribution in [3.05, 3.63) is 41.5 Å². The van der Waals surface area contributed by atoms with Crippen LogP contribution in [-0.4, -0.2) is 70.4 Å². The number of ether oxygens (including phenoxy) is 2. The van der Waals surface area contributed by atoms with Crippen molar-refractivity contribution >= 4 is 39.7 Å². The summed E-state index contributed by atoms with van der Waals surface area (Å²) in [5, 5.41) is 15.7. The van der Waals surface area contributed by atoms with Crippen LogP contribution in [0.15, 0.2) is 35.9 Å². The van der Waals surface area contributed by atoms with Gasteiger partial charge in [-0.1, -0.05) is 125 Å². The number of carbonyl (C=O) groups excluding carboxylic acids is 2. The summed E-state index contributed by atoms with van der Waals surface area (Å²) in [5.74, 6) is 7.70. The van der Waals surface area contributed by atoms with E-state index in [1.165, 1.54) is 70.6 Å². The van der Waals surface area contributed by atoms with Gasteiger partial charge < -0.3 is 30.1 Å². The van der Waals surface area contributed by atoms with Gasteiger partial charge in [-0.3, -0.25) is 4.79 Å². The lowest BCUT2D eigenvalue weighted by Crippen LogP contribution is -2.50. The average Bonchev–Trinajstić information content (AvgIpc) is 3.64. The van der Waals surface area contributed by atoms with Crippen molar-refractivity contribution in [1.82, 2.24) is 15.5 Å². The molecule has 1 aromatic carbocycles. The molecule has 0 bridgehead atoms. The molecule has 4 aliphatic rings. The number of hydrogen-bond donors (Lipinski definition) is 3. The van der Waals surface area contributed by atoms with Gasteiger partial charge in [0.15, 0.2) is 0 Å². The lowest BCUT2D eigenvalue weighted by Gasteiger charge is -2.58. The number of rotatable bonds is 27. The summed E-state index contributed by atoms with van der Waals surface area (Å²) in [5.41, 5.74) is 2.51. The van der Waals surface area contributed by atoms with Crippen molar-refractivity contribution in [2.24, 2.45) is 52.3 Å². The third-order valence-corrected chi connectivity index (χ3v) is 20.8.